The van der Waals surface area contributed by atoms with Gasteiger partial charge in [-0.3, -0.25) is 4.79 Å². The van der Waals surface area contributed by atoms with Crippen LogP contribution in [0.4, 0.5) is 0 Å². The molecular formula is C11H14N2O3. The molecule has 4 N–H and O–H groups in total. The Kier molecular flexibility index (Phi) is 2.70. The Morgan fingerprint density at radius 3 is 2.75 bits per heavy atom. The smallest absolute Gasteiger partial charge is 0.257 e. The number of hydrogen-bond acceptors (Lipinski definition) is 4. The molecule has 2 rings (SSSR count). The molecule has 86 valence electrons. The van der Waals surface area contributed by atoms with Crippen molar-refractivity contribution in [1.82, 2.24) is 4.90 Å². The zero-order chi connectivity index (χ0) is 11.7. The number of phenols is 2. The highest BCUT2D eigenvalue weighted by molar-refractivity contribution is 5.97. The van der Waals surface area contributed by atoms with Crippen molar-refractivity contribution >= 4 is 5.91 Å². The van der Waals surface area contributed by atoms with Crippen LogP contribution in [0.15, 0.2) is 18.2 Å². The van der Waals surface area contributed by atoms with Crippen LogP contribution in [-0.2, 0) is 0 Å². The van der Waals surface area contributed by atoms with E-state index >= 15 is 0 Å². The lowest BCUT2D eigenvalue weighted by Crippen LogP contribution is -2.31. The standard InChI is InChI=1S/C11H14N2O3/c12-7-3-4-13(6-7)11(16)9-2-1-8(14)5-10(9)15/h1-2,5,7,14-15H,3-4,6,12H2/t7-/m1/s1. The van der Waals surface area contributed by atoms with E-state index in [1.54, 1.807) is 4.90 Å². The maximum atomic E-state index is 12.0. The first kappa shape index (κ1) is 10.8. The van der Waals surface area contributed by atoms with Crippen LogP contribution in [0.1, 0.15) is 16.8 Å². The molecule has 0 spiro atoms. The fourth-order valence-electron chi connectivity index (χ4n) is 1.84. The number of carbonyl (C=O) groups is 1. The number of amides is 1. The maximum Gasteiger partial charge on any atom is 0.257 e. The molecule has 0 aromatic heterocycles. The molecule has 5 heteroatoms. The van der Waals surface area contributed by atoms with Gasteiger partial charge in [-0.1, -0.05) is 0 Å². The van der Waals surface area contributed by atoms with Crippen molar-refractivity contribution in [3.05, 3.63) is 23.8 Å². The summed E-state index contributed by atoms with van der Waals surface area (Å²) in [5.41, 5.74) is 5.91. The highest BCUT2D eigenvalue weighted by atomic mass is 16.3. The largest absolute Gasteiger partial charge is 0.508 e. The predicted octanol–water partition coefficient (Wildman–Crippen LogP) is 0.271. The average Bonchev–Trinajstić information content (AvgIpc) is 2.64. The molecule has 0 aliphatic carbocycles. The molecule has 1 aromatic carbocycles. The summed E-state index contributed by atoms with van der Waals surface area (Å²) in [6.07, 6.45) is 0.782. The lowest BCUT2D eigenvalue weighted by atomic mass is 10.1. The first-order valence-corrected chi connectivity index (χ1v) is 5.15. The minimum Gasteiger partial charge on any atom is -0.508 e. The van der Waals surface area contributed by atoms with Crippen molar-refractivity contribution in [3.8, 4) is 11.5 Å². The van der Waals surface area contributed by atoms with Crippen LogP contribution in [0.25, 0.3) is 0 Å². The Morgan fingerprint density at radius 1 is 1.44 bits per heavy atom. The molecule has 1 aliphatic rings. The van der Waals surface area contributed by atoms with E-state index in [0.717, 1.165) is 12.5 Å². The van der Waals surface area contributed by atoms with Gasteiger partial charge in [-0.05, 0) is 18.6 Å². The van der Waals surface area contributed by atoms with Gasteiger partial charge >= 0.3 is 0 Å². The van der Waals surface area contributed by atoms with Gasteiger partial charge < -0.3 is 20.8 Å². The number of phenolic OH excluding ortho intramolecular Hbond substituents is 2. The van der Waals surface area contributed by atoms with Crippen molar-refractivity contribution in [2.24, 2.45) is 5.73 Å². The van der Waals surface area contributed by atoms with Gasteiger partial charge in [-0.15, -0.1) is 0 Å². The summed E-state index contributed by atoms with van der Waals surface area (Å²) < 4.78 is 0. The number of nitrogens with zero attached hydrogens (tertiary/aromatic N) is 1. The van der Waals surface area contributed by atoms with Crippen molar-refractivity contribution in [3.63, 3.8) is 0 Å². The molecule has 1 heterocycles. The molecule has 5 nitrogen and oxygen atoms in total. The molecule has 0 saturated carbocycles. The van der Waals surface area contributed by atoms with E-state index in [2.05, 4.69) is 0 Å². The number of carbonyl (C=O) groups excluding carboxylic acids is 1. The molecule has 0 radical (unpaired) electrons. The predicted molar refractivity (Wildman–Crippen MR) is 58.3 cm³/mol. The normalized spacial score (nSPS) is 20.1. The zero-order valence-electron chi connectivity index (χ0n) is 8.76. The van der Waals surface area contributed by atoms with Crippen molar-refractivity contribution < 1.29 is 15.0 Å². The quantitative estimate of drug-likeness (QED) is 0.636. The molecular weight excluding hydrogens is 208 g/mol. The monoisotopic (exact) mass is 222 g/mol. The van der Waals surface area contributed by atoms with Crippen molar-refractivity contribution in [2.45, 2.75) is 12.5 Å². The summed E-state index contributed by atoms with van der Waals surface area (Å²) in [6, 6.07) is 3.96. The second kappa shape index (κ2) is 4.02. The van der Waals surface area contributed by atoms with Gasteiger partial charge in [0.25, 0.3) is 5.91 Å². The van der Waals surface area contributed by atoms with Crippen LogP contribution in [0.5, 0.6) is 11.5 Å². The third-order valence-electron chi connectivity index (χ3n) is 2.72. The Morgan fingerprint density at radius 2 is 2.19 bits per heavy atom. The van der Waals surface area contributed by atoms with Crippen molar-refractivity contribution in [2.75, 3.05) is 13.1 Å². The fourth-order valence-corrected chi connectivity index (χ4v) is 1.84. The van der Waals surface area contributed by atoms with Crippen LogP contribution in [0, 0.1) is 0 Å². The highest BCUT2D eigenvalue weighted by Crippen LogP contribution is 2.24. The molecule has 16 heavy (non-hydrogen) atoms. The molecule has 1 aromatic rings. The molecule has 0 bridgehead atoms. The number of benzene rings is 1. The summed E-state index contributed by atoms with van der Waals surface area (Å²) in [5.74, 6) is -0.511. The molecule has 1 amide bonds. The van der Waals surface area contributed by atoms with E-state index in [-0.39, 0.29) is 29.0 Å². The summed E-state index contributed by atoms with van der Waals surface area (Å²) in [5, 5.41) is 18.7. The van der Waals surface area contributed by atoms with Crippen LogP contribution in [-0.4, -0.2) is 40.2 Å². The average molecular weight is 222 g/mol. The van der Waals surface area contributed by atoms with E-state index < -0.39 is 0 Å². The summed E-state index contributed by atoms with van der Waals surface area (Å²) in [6.45, 7) is 1.12. The van der Waals surface area contributed by atoms with Gasteiger partial charge in [0, 0.05) is 25.2 Å². The first-order chi connectivity index (χ1) is 7.58. The molecule has 1 fully saturated rings. The van der Waals surface area contributed by atoms with Gasteiger partial charge in [0.1, 0.15) is 11.5 Å². The fraction of sp³-hybridized carbons (Fsp3) is 0.364. The second-order valence-corrected chi connectivity index (χ2v) is 4.00. The molecule has 1 saturated heterocycles. The minimum absolute atomic E-state index is 0.0169. The van der Waals surface area contributed by atoms with E-state index in [1.165, 1.54) is 12.1 Å². The van der Waals surface area contributed by atoms with Gasteiger partial charge in [0.2, 0.25) is 0 Å². The van der Waals surface area contributed by atoms with Crippen molar-refractivity contribution in [1.29, 1.82) is 0 Å². The number of aromatic hydroxyl groups is 2. The lowest BCUT2D eigenvalue weighted by molar-refractivity contribution is 0.0788. The second-order valence-electron chi connectivity index (χ2n) is 4.00. The van der Waals surface area contributed by atoms with E-state index in [9.17, 15) is 9.90 Å². The number of hydrogen-bond donors (Lipinski definition) is 3. The van der Waals surface area contributed by atoms with E-state index in [0.29, 0.717) is 13.1 Å². The number of likely N-dealkylation sites (tertiary alicyclic amines) is 1. The Hall–Kier alpha value is -1.75. The van der Waals surface area contributed by atoms with Gasteiger partial charge in [-0.2, -0.15) is 0 Å². The molecule has 0 unspecified atom stereocenters. The molecule has 1 atom stereocenters. The van der Waals surface area contributed by atoms with Crippen LogP contribution in [0.3, 0.4) is 0 Å². The third-order valence-corrected chi connectivity index (χ3v) is 2.72. The number of nitrogens with two attached hydrogens (primary N) is 1. The Bertz CT molecular complexity index is 420. The summed E-state index contributed by atoms with van der Waals surface area (Å²) >= 11 is 0. The minimum atomic E-state index is -0.245. The van der Waals surface area contributed by atoms with Crippen LogP contribution >= 0.6 is 0 Å². The first-order valence-electron chi connectivity index (χ1n) is 5.15. The Labute approximate surface area is 93.1 Å². The third kappa shape index (κ3) is 1.94. The van der Waals surface area contributed by atoms with E-state index in [1.807, 2.05) is 0 Å². The van der Waals surface area contributed by atoms with Crippen LogP contribution in [0.2, 0.25) is 0 Å². The zero-order valence-corrected chi connectivity index (χ0v) is 8.76. The van der Waals surface area contributed by atoms with Crippen LogP contribution < -0.4 is 5.73 Å². The summed E-state index contributed by atoms with van der Waals surface area (Å²) in [4.78, 5) is 13.6. The van der Waals surface area contributed by atoms with E-state index in [4.69, 9.17) is 10.8 Å². The highest BCUT2D eigenvalue weighted by Gasteiger charge is 2.26. The maximum absolute atomic E-state index is 12.0. The van der Waals surface area contributed by atoms with Gasteiger partial charge in [-0.25, -0.2) is 0 Å². The van der Waals surface area contributed by atoms with Gasteiger partial charge in [0.05, 0.1) is 5.56 Å². The molecule has 1 aliphatic heterocycles. The SMILES string of the molecule is N[C@@H]1CCN(C(=O)c2ccc(O)cc2O)C1. The summed E-state index contributed by atoms with van der Waals surface area (Å²) in [7, 11) is 0. The Balaban J connectivity index is 2.21. The topological polar surface area (TPSA) is 86.8 Å². The van der Waals surface area contributed by atoms with Gasteiger partial charge in [0.15, 0.2) is 0 Å². The lowest BCUT2D eigenvalue weighted by Gasteiger charge is -2.16. The number of rotatable bonds is 1.